The third kappa shape index (κ3) is 18.1. The van der Waals surface area contributed by atoms with Crippen molar-refractivity contribution in [3.63, 3.8) is 0 Å². The molecule has 1 aliphatic rings. The van der Waals surface area contributed by atoms with Crippen LogP contribution in [0.4, 0.5) is 0 Å². The summed E-state index contributed by atoms with van der Waals surface area (Å²) in [6, 6.07) is 10.5. The summed E-state index contributed by atoms with van der Waals surface area (Å²) < 4.78 is 61.0. The van der Waals surface area contributed by atoms with Gasteiger partial charge >= 0.3 is 0 Å². The van der Waals surface area contributed by atoms with E-state index in [1.54, 1.807) is 24.3 Å². The standard InChI is InChI=1S/C37H57Cl2N5O12S/c1-40-6-10-51-14-18-55-19-15-52-11-7-41-36(47)34(45)35(46)37(48)42-8-12-53-16-20-56-21-17-54-13-9-43-57(49,50)29-5-3-4-27(22-29)31-25-44(2)26-32-30(31)23-28(38)24-33(32)39/h3-5,22-24,31,34-35,40,43,45-46H,6-21,25-26H2,1-2H3,(H,41,47)(H,42,48). The van der Waals surface area contributed by atoms with Gasteiger partial charge in [-0.25, -0.2) is 13.1 Å². The van der Waals surface area contributed by atoms with Gasteiger partial charge in [0.15, 0.2) is 12.2 Å². The molecule has 20 heteroatoms. The quantitative estimate of drug-likeness (QED) is 0.0576. The average molecular weight is 867 g/mol. The van der Waals surface area contributed by atoms with Crippen LogP contribution in [0.15, 0.2) is 41.3 Å². The van der Waals surface area contributed by atoms with Gasteiger partial charge in [-0.1, -0.05) is 35.3 Å². The molecule has 17 nitrogen and oxygen atoms in total. The molecule has 0 aromatic heterocycles. The molecule has 3 atom stereocenters. The summed E-state index contributed by atoms with van der Waals surface area (Å²) in [5, 5.41) is 28.9. The number of likely N-dealkylation sites (N-methyl/N-ethyl adjacent to an activating group) is 2. The van der Waals surface area contributed by atoms with Crippen LogP contribution in [0.5, 0.6) is 0 Å². The Morgan fingerprint density at radius 2 is 1.25 bits per heavy atom. The summed E-state index contributed by atoms with van der Waals surface area (Å²) in [6.45, 7) is 5.80. The Hall–Kier alpha value is -2.53. The average Bonchev–Trinajstić information content (AvgIpc) is 3.19. The SMILES string of the molecule is CNCCOCCOCCOCCNC(=O)C(O)C(O)C(=O)NCCOCCOCCOCCNS(=O)(=O)c1cccc(C2CN(C)Cc3c(Cl)cc(Cl)cc32)c1. The summed E-state index contributed by atoms with van der Waals surface area (Å²) >= 11 is 12.8. The van der Waals surface area contributed by atoms with E-state index in [4.69, 9.17) is 51.6 Å². The molecule has 1 heterocycles. The van der Waals surface area contributed by atoms with E-state index in [1.165, 1.54) is 0 Å². The molecule has 2 aromatic rings. The lowest BCUT2D eigenvalue weighted by atomic mass is 9.85. The smallest absolute Gasteiger partial charge is 0.252 e. The van der Waals surface area contributed by atoms with Gasteiger partial charge in [0, 0.05) is 55.2 Å². The lowest BCUT2D eigenvalue weighted by Gasteiger charge is -2.33. The van der Waals surface area contributed by atoms with E-state index in [0.29, 0.717) is 56.2 Å². The fourth-order valence-electron chi connectivity index (χ4n) is 5.61. The number of sulfonamides is 1. The van der Waals surface area contributed by atoms with Gasteiger partial charge < -0.3 is 59.5 Å². The molecule has 2 amide bonds. The van der Waals surface area contributed by atoms with Crippen LogP contribution < -0.4 is 20.7 Å². The number of rotatable bonds is 30. The maximum atomic E-state index is 13.1. The van der Waals surface area contributed by atoms with E-state index >= 15 is 0 Å². The zero-order valence-electron chi connectivity index (χ0n) is 32.5. The normalized spacial score (nSPS) is 15.6. The van der Waals surface area contributed by atoms with Crippen LogP contribution in [0.3, 0.4) is 0 Å². The molecule has 0 saturated carbocycles. The number of ether oxygens (including phenoxy) is 6. The molecule has 0 fully saturated rings. The monoisotopic (exact) mass is 865 g/mol. The molecular weight excluding hydrogens is 809 g/mol. The molecule has 57 heavy (non-hydrogen) atoms. The molecule has 0 radical (unpaired) electrons. The maximum Gasteiger partial charge on any atom is 0.252 e. The first-order valence-corrected chi connectivity index (χ1v) is 21.0. The van der Waals surface area contributed by atoms with E-state index in [1.807, 2.05) is 26.2 Å². The zero-order valence-corrected chi connectivity index (χ0v) is 34.8. The van der Waals surface area contributed by atoms with Crippen molar-refractivity contribution in [3.05, 3.63) is 63.1 Å². The van der Waals surface area contributed by atoms with Crippen LogP contribution in [0.2, 0.25) is 10.0 Å². The van der Waals surface area contributed by atoms with Gasteiger partial charge in [-0.2, -0.15) is 0 Å². The number of nitrogens with one attached hydrogen (secondary N) is 4. The van der Waals surface area contributed by atoms with Gasteiger partial charge in [0.25, 0.3) is 11.8 Å². The summed E-state index contributed by atoms with van der Waals surface area (Å²) in [6.07, 6.45) is -3.92. The van der Waals surface area contributed by atoms with Crippen LogP contribution in [-0.2, 0) is 54.6 Å². The van der Waals surface area contributed by atoms with Gasteiger partial charge in [0.05, 0.1) is 84.2 Å². The zero-order chi connectivity index (χ0) is 41.5. The number of aliphatic hydroxyl groups is 2. The number of hydrogen-bond acceptors (Lipinski definition) is 14. The molecule has 322 valence electrons. The van der Waals surface area contributed by atoms with Crippen LogP contribution in [0, 0.1) is 0 Å². The van der Waals surface area contributed by atoms with Crippen molar-refractivity contribution in [3.8, 4) is 0 Å². The highest BCUT2D eigenvalue weighted by Gasteiger charge is 2.30. The predicted octanol–water partition coefficient (Wildman–Crippen LogP) is 0.122. The second-order valence-corrected chi connectivity index (χ2v) is 15.5. The van der Waals surface area contributed by atoms with Crippen molar-refractivity contribution in [2.75, 3.05) is 126 Å². The molecule has 0 bridgehead atoms. The summed E-state index contributed by atoms with van der Waals surface area (Å²) in [7, 11) is 0.0399. The van der Waals surface area contributed by atoms with E-state index in [2.05, 4.69) is 25.6 Å². The number of amides is 2. The minimum atomic E-state index is -3.80. The van der Waals surface area contributed by atoms with Crippen molar-refractivity contribution in [2.24, 2.45) is 0 Å². The second-order valence-electron chi connectivity index (χ2n) is 12.9. The van der Waals surface area contributed by atoms with Crippen molar-refractivity contribution in [1.29, 1.82) is 0 Å². The van der Waals surface area contributed by atoms with E-state index in [9.17, 15) is 28.2 Å². The molecule has 1 aliphatic heterocycles. The molecular formula is C37H57Cl2N5O12S. The molecule has 2 aromatic carbocycles. The number of benzene rings is 2. The number of carbonyl (C=O) groups is 2. The highest BCUT2D eigenvalue weighted by atomic mass is 35.5. The Balaban J connectivity index is 1.18. The Morgan fingerprint density at radius 1 is 0.754 bits per heavy atom. The predicted molar refractivity (Wildman–Crippen MR) is 213 cm³/mol. The minimum absolute atomic E-state index is 0.0289. The lowest BCUT2D eigenvalue weighted by molar-refractivity contribution is -0.146. The van der Waals surface area contributed by atoms with E-state index in [-0.39, 0.29) is 76.7 Å². The molecule has 3 unspecified atom stereocenters. The fraction of sp³-hybridized carbons (Fsp3) is 0.622. The van der Waals surface area contributed by atoms with Gasteiger partial charge in [0.1, 0.15) is 0 Å². The third-order valence-electron chi connectivity index (χ3n) is 8.51. The maximum absolute atomic E-state index is 13.1. The van der Waals surface area contributed by atoms with E-state index < -0.39 is 34.0 Å². The summed E-state index contributed by atoms with van der Waals surface area (Å²) in [5.74, 6) is -1.94. The highest BCUT2D eigenvalue weighted by molar-refractivity contribution is 7.89. The van der Waals surface area contributed by atoms with Crippen LogP contribution in [0.1, 0.15) is 22.6 Å². The van der Waals surface area contributed by atoms with Crippen LogP contribution in [0.25, 0.3) is 0 Å². The number of halogens is 2. The third-order valence-corrected chi connectivity index (χ3v) is 10.5. The Bertz CT molecular complexity index is 1610. The molecule has 3 rings (SSSR count). The van der Waals surface area contributed by atoms with Gasteiger partial charge in [-0.15, -0.1) is 0 Å². The molecule has 0 aliphatic carbocycles. The molecule has 6 N–H and O–H groups in total. The van der Waals surface area contributed by atoms with Crippen LogP contribution in [-0.4, -0.2) is 174 Å². The number of aliphatic hydroxyl groups excluding tert-OH is 2. The first kappa shape index (κ1) is 48.8. The number of carbonyl (C=O) groups excluding carboxylic acids is 2. The van der Waals surface area contributed by atoms with Crippen molar-refractivity contribution in [2.45, 2.75) is 29.6 Å². The molecule has 0 saturated heterocycles. The first-order chi connectivity index (χ1) is 27.4. The summed E-state index contributed by atoms with van der Waals surface area (Å²) in [4.78, 5) is 26.5. The first-order valence-electron chi connectivity index (χ1n) is 18.7. The minimum Gasteiger partial charge on any atom is -0.380 e. The van der Waals surface area contributed by atoms with Crippen molar-refractivity contribution >= 4 is 45.0 Å². The van der Waals surface area contributed by atoms with Gasteiger partial charge in [0.2, 0.25) is 10.0 Å². The number of fused-ring (bicyclic) bond motifs is 1. The highest BCUT2D eigenvalue weighted by Crippen LogP contribution is 2.38. The van der Waals surface area contributed by atoms with Crippen molar-refractivity contribution in [1.82, 2.24) is 25.6 Å². The van der Waals surface area contributed by atoms with Gasteiger partial charge in [-0.05, 0) is 55.1 Å². The Kier molecular flexibility index (Phi) is 23.4. The lowest BCUT2D eigenvalue weighted by Crippen LogP contribution is -2.50. The second kappa shape index (κ2) is 27.3. The number of hydrogen-bond donors (Lipinski definition) is 6. The van der Waals surface area contributed by atoms with Gasteiger partial charge in [-0.3, -0.25) is 9.59 Å². The summed E-state index contributed by atoms with van der Waals surface area (Å²) in [5.41, 5.74) is 2.82. The van der Waals surface area contributed by atoms with Crippen molar-refractivity contribution < 1.29 is 56.6 Å². The molecule has 0 spiro atoms. The number of nitrogens with zero attached hydrogens (tertiary/aromatic N) is 1. The Morgan fingerprint density at radius 3 is 1.77 bits per heavy atom. The van der Waals surface area contributed by atoms with E-state index in [0.717, 1.165) is 23.2 Å². The largest absolute Gasteiger partial charge is 0.380 e. The topological polar surface area (TPSA) is 215 Å². The van der Waals surface area contributed by atoms with Crippen LogP contribution >= 0.6 is 23.2 Å². The Labute approximate surface area is 345 Å². The fourth-order valence-corrected chi connectivity index (χ4v) is 7.24.